The Labute approximate surface area is 187 Å². The molecule has 2 unspecified atom stereocenters. The van der Waals surface area contributed by atoms with Crippen molar-refractivity contribution < 1.29 is 22.7 Å². The van der Waals surface area contributed by atoms with Crippen molar-refractivity contribution in [2.45, 2.75) is 13.0 Å². The van der Waals surface area contributed by atoms with Gasteiger partial charge < -0.3 is 10.1 Å². The summed E-state index contributed by atoms with van der Waals surface area (Å²) in [6, 6.07) is 9.87. The number of hydrogen-bond acceptors (Lipinski definition) is 7. The van der Waals surface area contributed by atoms with E-state index in [1.807, 2.05) is 12.1 Å². The van der Waals surface area contributed by atoms with Gasteiger partial charge >= 0.3 is 0 Å². The molecule has 0 aliphatic carbocycles. The molecule has 3 heterocycles. The lowest BCUT2D eigenvalue weighted by Crippen LogP contribution is -2.43. The summed E-state index contributed by atoms with van der Waals surface area (Å²) in [5.41, 5.74) is 1.65. The zero-order valence-corrected chi connectivity index (χ0v) is 18.6. The lowest BCUT2D eigenvalue weighted by molar-refractivity contribution is -0.119. The Bertz CT molecular complexity index is 1070. The van der Waals surface area contributed by atoms with Gasteiger partial charge in [-0.25, -0.2) is 12.7 Å². The minimum Gasteiger partial charge on any atom is -0.379 e. The van der Waals surface area contributed by atoms with Crippen LogP contribution in [0.25, 0.3) is 0 Å². The van der Waals surface area contributed by atoms with Crippen LogP contribution in [0.15, 0.2) is 48.8 Å². The summed E-state index contributed by atoms with van der Waals surface area (Å²) in [6.45, 7) is 4.80. The predicted molar refractivity (Wildman–Crippen MR) is 119 cm³/mol. The number of anilines is 1. The number of aromatic nitrogens is 1. The molecule has 1 aromatic heterocycles. The number of morpholine rings is 1. The Morgan fingerprint density at radius 1 is 1.22 bits per heavy atom. The average Bonchev–Trinajstić information content (AvgIpc) is 3.01. The van der Waals surface area contributed by atoms with Gasteiger partial charge in [-0.05, 0) is 35.9 Å². The number of carbonyl (C=O) groups excluding carboxylic acids is 2. The maximum absolute atomic E-state index is 12.8. The van der Waals surface area contributed by atoms with Crippen LogP contribution in [0.2, 0.25) is 0 Å². The molecule has 0 spiro atoms. The maximum atomic E-state index is 12.8. The van der Waals surface area contributed by atoms with E-state index in [2.05, 4.69) is 15.2 Å². The van der Waals surface area contributed by atoms with Crippen LogP contribution in [0.4, 0.5) is 5.69 Å². The van der Waals surface area contributed by atoms with Crippen LogP contribution in [-0.2, 0) is 19.6 Å². The zero-order chi connectivity index (χ0) is 22.7. The highest BCUT2D eigenvalue weighted by molar-refractivity contribution is 7.94. The van der Waals surface area contributed by atoms with Crippen LogP contribution in [0.3, 0.4) is 0 Å². The number of carbonyl (C=O) groups is 2. The number of amides is 2. The molecule has 2 saturated heterocycles. The first kappa shape index (κ1) is 22.4. The summed E-state index contributed by atoms with van der Waals surface area (Å²) in [6.07, 6.45) is 3.52. The molecule has 2 fully saturated rings. The molecule has 1 aromatic carbocycles. The highest BCUT2D eigenvalue weighted by atomic mass is 32.2. The summed E-state index contributed by atoms with van der Waals surface area (Å²) >= 11 is 0. The van der Waals surface area contributed by atoms with Crippen LogP contribution >= 0.6 is 0 Å². The first-order valence-electron chi connectivity index (χ1n) is 10.5. The Kier molecular flexibility index (Phi) is 6.54. The second-order valence-electron chi connectivity index (χ2n) is 7.99. The van der Waals surface area contributed by atoms with E-state index in [1.165, 1.54) is 24.3 Å². The van der Waals surface area contributed by atoms with Gasteiger partial charge in [-0.15, -0.1) is 0 Å². The number of ether oxygens (including phenoxy) is 1. The Morgan fingerprint density at radius 2 is 1.94 bits per heavy atom. The van der Waals surface area contributed by atoms with Crippen molar-refractivity contribution in [1.82, 2.24) is 15.2 Å². The lowest BCUT2D eigenvalue weighted by atomic mass is 10.1. The van der Waals surface area contributed by atoms with Gasteiger partial charge in [0, 0.05) is 37.6 Å². The first-order valence-corrected chi connectivity index (χ1v) is 12.1. The zero-order valence-electron chi connectivity index (χ0n) is 17.8. The van der Waals surface area contributed by atoms with Crippen LogP contribution in [0.1, 0.15) is 28.9 Å². The minimum atomic E-state index is -3.67. The van der Waals surface area contributed by atoms with E-state index in [0.29, 0.717) is 25.3 Å². The number of pyridine rings is 1. The third kappa shape index (κ3) is 4.67. The SMILES string of the molecule is CC1CS(=O)(=O)N(c2ccc(C(=O)NCC(c3cccnc3)N3CCOCC3)cc2)C1=O. The molecule has 2 aliphatic rings. The van der Waals surface area contributed by atoms with Crippen LogP contribution in [0, 0.1) is 5.92 Å². The molecular weight excluding hydrogens is 432 g/mol. The number of sulfonamides is 1. The van der Waals surface area contributed by atoms with E-state index >= 15 is 0 Å². The second-order valence-corrected chi connectivity index (χ2v) is 9.85. The minimum absolute atomic E-state index is 0.0373. The molecule has 4 rings (SSSR count). The molecule has 2 aliphatic heterocycles. The molecule has 10 heteroatoms. The molecular formula is C22H26N4O5S. The Hall–Kier alpha value is -2.82. The third-order valence-corrected chi connectivity index (χ3v) is 7.60. The number of hydrogen-bond donors (Lipinski definition) is 1. The number of benzene rings is 1. The summed E-state index contributed by atoms with van der Waals surface area (Å²) in [4.78, 5) is 31.5. The van der Waals surface area contributed by atoms with E-state index < -0.39 is 21.8 Å². The van der Waals surface area contributed by atoms with Crippen LogP contribution in [-0.4, -0.2) is 68.7 Å². The quantitative estimate of drug-likeness (QED) is 0.693. The lowest BCUT2D eigenvalue weighted by Gasteiger charge is -2.34. The number of nitrogens with one attached hydrogen (secondary N) is 1. The van der Waals surface area contributed by atoms with Gasteiger partial charge in [-0.2, -0.15) is 0 Å². The van der Waals surface area contributed by atoms with Gasteiger partial charge in [-0.1, -0.05) is 13.0 Å². The Morgan fingerprint density at radius 3 is 2.53 bits per heavy atom. The molecule has 0 radical (unpaired) electrons. The highest BCUT2D eigenvalue weighted by Gasteiger charge is 2.41. The topological polar surface area (TPSA) is 109 Å². The van der Waals surface area contributed by atoms with Crippen molar-refractivity contribution in [2.24, 2.45) is 5.92 Å². The number of rotatable bonds is 6. The molecule has 2 atom stereocenters. The number of nitrogens with zero attached hydrogens (tertiary/aromatic N) is 3. The fourth-order valence-electron chi connectivity index (χ4n) is 4.05. The fourth-order valence-corrected chi connectivity index (χ4v) is 5.87. The smallest absolute Gasteiger partial charge is 0.251 e. The van der Waals surface area contributed by atoms with Gasteiger partial charge in [-0.3, -0.25) is 19.5 Å². The molecule has 2 amide bonds. The molecule has 170 valence electrons. The fraction of sp³-hybridized carbons (Fsp3) is 0.409. The molecule has 1 N–H and O–H groups in total. The first-order chi connectivity index (χ1) is 15.4. The standard InChI is InChI=1S/C22H26N4O5S/c1-16-15-32(29,30)26(22(16)28)19-6-4-17(5-7-19)21(27)24-14-20(18-3-2-8-23-13-18)25-9-11-31-12-10-25/h2-8,13,16,20H,9-12,14-15H2,1H3,(H,24,27). The van der Waals surface area contributed by atoms with Crippen molar-refractivity contribution in [3.8, 4) is 0 Å². The van der Waals surface area contributed by atoms with E-state index in [4.69, 9.17) is 4.74 Å². The van der Waals surface area contributed by atoms with Crippen molar-refractivity contribution in [3.05, 3.63) is 59.9 Å². The largest absolute Gasteiger partial charge is 0.379 e. The summed E-state index contributed by atoms with van der Waals surface area (Å²) in [7, 11) is -3.67. The molecule has 0 saturated carbocycles. The van der Waals surface area contributed by atoms with Gasteiger partial charge in [0.25, 0.3) is 5.91 Å². The molecule has 0 bridgehead atoms. The van der Waals surface area contributed by atoms with Crippen LogP contribution in [0.5, 0.6) is 0 Å². The molecule has 2 aromatic rings. The van der Waals surface area contributed by atoms with E-state index in [-0.39, 0.29) is 23.4 Å². The van der Waals surface area contributed by atoms with Crippen molar-refractivity contribution in [3.63, 3.8) is 0 Å². The van der Waals surface area contributed by atoms with Crippen molar-refractivity contribution >= 4 is 27.5 Å². The van der Waals surface area contributed by atoms with Gasteiger partial charge in [0.1, 0.15) is 0 Å². The average molecular weight is 459 g/mol. The Balaban J connectivity index is 1.45. The van der Waals surface area contributed by atoms with Crippen LogP contribution < -0.4 is 9.62 Å². The van der Waals surface area contributed by atoms with E-state index in [9.17, 15) is 18.0 Å². The monoisotopic (exact) mass is 458 g/mol. The second kappa shape index (κ2) is 9.35. The van der Waals surface area contributed by atoms with E-state index in [1.54, 1.807) is 19.3 Å². The maximum Gasteiger partial charge on any atom is 0.251 e. The van der Waals surface area contributed by atoms with Gasteiger partial charge in [0.05, 0.1) is 36.6 Å². The van der Waals surface area contributed by atoms with Crippen molar-refractivity contribution in [2.75, 3.05) is 42.9 Å². The van der Waals surface area contributed by atoms with Crippen molar-refractivity contribution in [1.29, 1.82) is 0 Å². The summed E-state index contributed by atoms with van der Waals surface area (Å²) in [5, 5.41) is 2.97. The predicted octanol–water partition coefficient (Wildman–Crippen LogP) is 1.20. The third-order valence-electron chi connectivity index (χ3n) is 5.74. The summed E-state index contributed by atoms with van der Waals surface area (Å²) < 4.78 is 30.8. The normalized spacial score (nSPS) is 22.0. The highest BCUT2D eigenvalue weighted by Crippen LogP contribution is 2.28. The molecule has 32 heavy (non-hydrogen) atoms. The van der Waals surface area contributed by atoms with E-state index in [0.717, 1.165) is 23.0 Å². The van der Waals surface area contributed by atoms with Gasteiger partial charge in [0.15, 0.2) is 0 Å². The summed E-state index contributed by atoms with van der Waals surface area (Å²) in [5.74, 6) is -1.51. The van der Waals surface area contributed by atoms with Gasteiger partial charge in [0.2, 0.25) is 15.9 Å². The molecule has 9 nitrogen and oxygen atoms in total.